The number of fused-ring (bicyclic) bond motifs is 1. The van der Waals surface area contributed by atoms with E-state index in [9.17, 15) is 24.3 Å². The van der Waals surface area contributed by atoms with E-state index in [0.29, 0.717) is 37.5 Å². The minimum Gasteiger partial charge on any atom is -0.458 e. The third-order valence-electron chi connectivity index (χ3n) is 12.7. The largest absolute Gasteiger partial charge is 0.458 e. The second kappa shape index (κ2) is 19.5. The van der Waals surface area contributed by atoms with Gasteiger partial charge in [0.05, 0.1) is 29.5 Å². The molecule has 0 saturated carbocycles. The molecular weight excluding hydrogens is 782 g/mol. The second-order valence-corrected chi connectivity index (χ2v) is 17.6. The topological polar surface area (TPSA) is 172 Å². The maximum absolute atomic E-state index is 14.6. The van der Waals surface area contributed by atoms with Crippen molar-refractivity contribution >= 4 is 35.2 Å². The Bertz CT molecular complexity index is 1790. The average molecular weight is 846 g/mol. The monoisotopic (exact) mass is 845 g/mol. The molecule has 0 aromatic carbocycles. The van der Waals surface area contributed by atoms with Crippen LogP contribution in [0.4, 0.5) is 4.79 Å². The predicted octanol–water partition coefficient (Wildman–Crippen LogP) is 5.50. The number of unbranched alkanes of at least 4 members (excludes halogenated alkanes) is 1. The molecule has 1 amide bonds. The molecule has 5 heterocycles. The van der Waals surface area contributed by atoms with Gasteiger partial charge in [-0.3, -0.25) is 14.4 Å². The third-order valence-corrected chi connectivity index (χ3v) is 12.9. The van der Waals surface area contributed by atoms with Crippen LogP contribution in [-0.2, 0) is 44.6 Å². The Labute approximate surface area is 353 Å². The van der Waals surface area contributed by atoms with Crippen LogP contribution in [0.3, 0.4) is 0 Å². The Kier molecular flexibility index (Phi) is 15.4. The lowest BCUT2D eigenvalue weighted by Gasteiger charge is -2.47. The number of halogens is 1. The number of hydrogen-bond acceptors (Lipinski definition) is 13. The van der Waals surface area contributed by atoms with Crippen LogP contribution in [0, 0.1) is 30.6 Å². The summed E-state index contributed by atoms with van der Waals surface area (Å²) in [4.78, 5) is 68.8. The molecule has 328 valence electrons. The fourth-order valence-electron chi connectivity index (χ4n) is 9.13. The normalized spacial score (nSPS) is 35.1. The van der Waals surface area contributed by atoms with Gasteiger partial charge in [-0.25, -0.2) is 14.8 Å². The number of ether oxygens (including phenoxy) is 5. The summed E-state index contributed by atoms with van der Waals surface area (Å²) >= 11 is 5.97. The van der Waals surface area contributed by atoms with Gasteiger partial charge in [0.25, 0.3) is 0 Å². The van der Waals surface area contributed by atoms with E-state index >= 15 is 0 Å². The van der Waals surface area contributed by atoms with Gasteiger partial charge in [-0.1, -0.05) is 39.3 Å². The first-order valence-corrected chi connectivity index (χ1v) is 21.3. The molecule has 0 bridgehead atoms. The highest BCUT2D eigenvalue weighted by Gasteiger charge is 2.54. The number of methoxy groups -OCH3 is 1. The fourth-order valence-corrected chi connectivity index (χ4v) is 9.25. The van der Waals surface area contributed by atoms with E-state index in [1.54, 1.807) is 44.9 Å². The number of nitrogens with zero attached hydrogens (tertiary/aromatic N) is 5. The quantitative estimate of drug-likeness (QED) is 0.130. The molecule has 15 nitrogen and oxygen atoms in total. The van der Waals surface area contributed by atoms with E-state index in [4.69, 9.17) is 35.3 Å². The van der Waals surface area contributed by atoms with E-state index < -0.39 is 83.9 Å². The highest BCUT2D eigenvalue weighted by Crippen LogP contribution is 2.39. The fraction of sp³-hybridized carbons (Fsp3) is 0.721. The number of pyridine rings is 1. The van der Waals surface area contributed by atoms with Gasteiger partial charge in [0, 0.05) is 62.0 Å². The van der Waals surface area contributed by atoms with E-state index in [2.05, 4.69) is 9.97 Å². The molecule has 59 heavy (non-hydrogen) atoms. The van der Waals surface area contributed by atoms with Crippen molar-refractivity contribution in [2.45, 2.75) is 149 Å². The minimum atomic E-state index is -1.27. The van der Waals surface area contributed by atoms with Gasteiger partial charge in [-0.2, -0.15) is 0 Å². The smallest absolute Gasteiger partial charge is 0.410 e. The van der Waals surface area contributed by atoms with Crippen LogP contribution in [-0.4, -0.2) is 135 Å². The number of cyclic esters (lactones) is 1. The summed E-state index contributed by atoms with van der Waals surface area (Å²) in [5.41, 5.74) is 0.360. The number of aliphatic hydroxyl groups excluding tert-OH is 1. The van der Waals surface area contributed by atoms with Crippen LogP contribution in [0.15, 0.2) is 24.5 Å². The van der Waals surface area contributed by atoms with Gasteiger partial charge in [0.2, 0.25) is 0 Å². The summed E-state index contributed by atoms with van der Waals surface area (Å²) in [6.45, 7) is 15.1. The Morgan fingerprint density at radius 2 is 1.71 bits per heavy atom. The molecule has 0 radical (unpaired) electrons. The van der Waals surface area contributed by atoms with Gasteiger partial charge in [-0.15, -0.1) is 0 Å². The Balaban J connectivity index is 1.40. The lowest BCUT2D eigenvalue weighted by atomic mass is 9.75. The number of aliphatic hydroxyl groups is 1. The number of imidazole rings is 1. The number of esters is 1. The van der Waals surface area contributed by atoms with Gasteiger partial charge < -0.3 is 43.2 Å². The summed E-state index contributed by atoms with van der Waals surface area (Å²) in [6.07, 6.45) is -0.0261. The van der Waals surface area contributed by atoms with Crippen molar-refractivity contribution in [1.29, 1.82) is 0 Å². The molecule has 13 atom stereocenters. The Morgan fingerprint density at radius 1 is 1.02 bits per heavy atom. The summed E-state index contributed by atoms with van der Waals surface area (Å²) in [5.74, 6) is -4.09. The zero-order valence-corrected chi connectivity index (χ0v) is 37.2. The summed E-state index contributed by atoms with van der Waals surface area (Å²) < 4.78 is 33.0. The van der Waals surface area contributed by atoms with Crippen molar-refractivity contribution < 1.29 is 48.0 Å². The summed E-state index contributed by atoms with van der Waals surface area (Å²) in [7, 11) is 5.23. The van der Waals surface area contributed by atoms with Gasteiger partial charge in [0.1, 0.15) is 34.9 Å². The van der Waals surface area contributed by atoms with Crippen LogP contribution >= 0.6 is 11.6 Å². The SMILES string of the molecule is CC[C@H]1OC(=O)[C@H](C)C(=O)[C@H](C)[C@@H](OC2O[C@H](C)C[C@H](N(C)C)[C@H]2O)[C@@](C)(OC)C[C@@H](C)C(=O)[C@H](C)[C@@H]2[C@@H]1OC(=O)N2CCCCn1cc(-c2ccc(Cl)nc2)nc1C. The first kappa shape index (κ1) is 46.6. The summed E-state index contributed by atoms with van der Waals surface area (Å²) in [6, 6.07) is 2.55. The molecule has 5 rings (SSSR count). The van der Waals surface area contributed by atoms with Crippen LogP contribution in [0.5, 0.6) is 0 Å². The molecule has 2 aromatic rings. The lowest BCUT2D eigenvalue weighted by Crippen LogP contribution is -2.59. The molecule has 1 unspecified atom stereocenters. The third kappa shape index (κ3) is 10.2. The number of carbonyl (C=O) groups excluding carboxylic acids is 4. The molecule has 3 aliphatic rings. The number of rotatable bonds is 11. The van der Waals surface area contributed by atoms with Gasteiger partial charge in [-0.05, 0) is 86.0 Å². The van der Waals surface area contributed by atoms with Crippen molar-refractivity contribution in [3.05, 3.63) is 35.5 Å². The van der Waals surface area contributed by atoms with Gasteiger partial charge in [0.15, 0.2) is 18.2 Å². The average Bonchev–Trinajstić information content (AvgIpc) is 3.74. The highest BCUT2D eigenvalue weighted by atomic mass is 35.5. The lowest BCUT2D eigenvalue weighted by molar-refractivity contribution is -0.295. The number of aromatic nitrogens is 3. The summed E-state index contributed by atoms with van der Waals surface area (Å²) in [5, 5.41) is 11.8. The number of carbonyl (C=O) groups is 4. The van der Waals surface area contributed by atoms with Crippen molar-refractivity contribution in [1.82, 2.24) is 24.3 Å². The number of amides is 1. The molecule has 3 aliphatic heterocycles. The number of Topliss-reactive ketones (excluding diaryl/α,β-unsaturated/α-hetero) is 2. The molecule has 0 aliphatic carbocycles. The van der Waals surface area contributed by atoms with E-state index in [1.807, 2.05) is 56.6 Å². The van der Waals surface area contributed by atoms with E-state index in [1.165, 1.54) is 14.0 Å². The van der Waals surface area contributed by atoms with Crippen LogP contribution in [0.1, 0.15) is 86.4 Å². The molecule has 3 fully saturated rings. The molecule has 2 aromatic heterocycles. The first-order chi connectivity index (χ1) is 27.8. The predicted molar refractivity (Wildman–Crippen MR) is 219 cm³/mol. The molecule has 3 saturated heterocycles. The standard InChI is InChI=1S/C43H64ClN5O10/c1-12-32-38-34(49(42(54)58-38)18-14-13-17-48-22-30(46-28(48)7)29-15-16-33(44)45-21-29)25(4)35(50)23(2)20-43(8,55-11)39(26(5)36(51)27(6)40(53)57-32)59-41-37(52)31(47(9)10)19-24(3)56-41/h15-16,21-27,31-32,34,37-39,41,52H,12-14,17-20H2,1-11H3/t23-,24-,25-,26+,27-,31+,32-,34-,37-,38-,39-,41?,43+/m1/s1. The van der Waals surface area contributed by atoms with Crippen molar-refractivity contribution in [2.75, 3.05) is 27.7 Å². The zero-order valence-electron chi connectivity index (χ0n) is 36.4. The molecular formula is C43H64ClN5O10. The van der Waals surface area contributed by atoms with Crippen LogP contribution in [0.25, 0.3) is 11.3 Å². The van der Waals surface area contributed by atoms with Gasteiger partial charge >= 0.3 is 12.1 Å². The second-order valence-electron chi connectivity index (χ2n) is 17.2. The number of aryl methyl sites for hydroxylation is 2. The van der Waals surface area contributed by atoms with Crippen molar-refractivity contribution in [3.63, 3.8) is 0 Å². The minimum absolute atomic E-state index is 0.130. The first-order valence-electron chi connectivity index (χ1n) is 20.9. The van der Waals surface area contributed by atoms with E-state index in [-0.39, 0.29) is 30.8 Å². The number of hydrogen-bond donors (Lipinski definition) is 1. The molecule has 16 heteroatoms. The van der Waals surface area contributed by atoms with Crippen molar-refractivity contribution in [2.24, 2.45) is 23.7 Å². The Morgan fingerprint density at radius 3 is 2.34 bits per heavy atom. The van der Waals surface area contributed by atoms with E-state index in [0.717, 1.165) is 17.1 Å². The van der Waals surface area contributed by atoms with Crippen molar-refractivity contribution in [3.8, 4) is 11.3 Å². The molecule has 1 N–H and O–H groups in total. The maximum Gasteiger partial charge on any atom is 0.410 e. The number of ketones is 2. The van der Waals surface area contributed by atoms with Crippen LogP contribution < -0.4 is 0 Å². The zero-order chi connectivity index (χ0) is 43.5. The molecule has 0 spiro atoms. The number of likely N-dealkylation sites (N-methyl/N-ethyl adjacent to an activating group) is 1. The maximum atomic E-state index is 14.6. The highest BCUT2D eigenvalue weighted by molar-refractivity contribution is 6.29. The van der Waals surface area contributed by atoms with Crippen LogP contribution in [0.2, 0.25) is 5.15 Å². The Hall–Kier alpha value is -3.47.